The SMILES string of the molecule is CC(C)/C(S)=C/c1ccccc1Br. The van der Waals surface area contributed by atoms with E-state index in [9.17, 15) is 0 Å². The number of thiol groups is 1. The van der Waals surface area contributed by atoms with E-state index in [0.717, 1.165) is 9.38 Å². The van der Waals surface area contributed by atoms with E-state index in [0.29, 0.717) is 5.92 Å². The summed E-state index contributed by atoms with van der Waals surface area (Å²) in [6, 6.07) is 8.14. The maximum atomic E-state index is 4.42. The molecule has 0 bridgehead atoms. The molecule has 1 rings (SSSR count). The maximum absolute atomic E-state index is 4.42. The van der Waals surface area contributed by atoms with Crippen molar-refractivity contribution in [2.45, 2.75) is 13.8 Å². The van der Waals surface area contributed by atoms with E-state index >= 15 is 0 Å². The molecule has 2 heteroatoms. The van der Waals surface area contributed by atoms with Crippen LogP contribution in [0.3, 0.4) is 0 Å². The molecule has 13 heavy (non-hydrogen) atoms. The predicted molar refractivity (Wildman–Crippen MR) is 65.9 cm³/mol. The largest absolute Gasteiger partial charge is 0.148 e. The third-order valence-corrected chi connectivity index (χ3v) is 3.17. The normalized spacial score (nSPS) is 12.2. The minimum Gasteiger partial charge on any atom is -0.148 e. The zero-order valence-corrected chi connectivity index (χ0v) is 10.3. The van der Waals surface area contributed by atoms with Crippen molar-refractivity contribution in [3.8, 4) is 0 Å². The summed E-state index contributed by atoms with van der Waals surface area (Å²) < 4.78 is 1.11. The first kappa shape index (κ1) is 10.9. The smallest absolute Gasteiger partial charge is 0.0247 e. The Morgan fingerprint density at radius 2 is 2.00 bits per heavy atom. The standard InChI is InChI=1S/C11H13BrS/c1-8(2)11(13)7-9-5-3-4-6-10(9)12/h3-8,13H,1-2H3/b11-7-. The van der Waals surface area contributed by atoms with Gasteiger partial charge in [0, 0.05) is 4.47 Å². The van der Waals surface area contributed by atoms with Crippen molar-refractivity contribution < 1.29 is 0 Å². The molecule has 1 aromatic rings. The van der Waals surface area contributed by atoms with Crippen molar-refractivity contribution in [2.24, 2.45) is 5.92 Å². The molecule has 0 aliphatic carbocycles. The Morgan fingerprint density at radius 1 is 1.38 bits per heavy atom. The molecule has 0 aromatic heterocycles. The minimum atomic E-state index is 0.482. The summed E-state index contributed by atoms with van der Waals surface area (Å²) in [4.78, 5) is 1.10. The van der Waals surface area contributed by atoms with E-state index in [-0.39, 0.29) is 0 Å². The summed E-state index contributed by atoms with van der Waals surface area (Å²) in [7, 11) is 0. The van der Waals surface area contributed by atoms with Crippen molar-refractivity contribution in [1.29, 1.82) is 0 Å². The minimum absolute atomic E-state index is 0.482. The fourth-order valence-electron chi connectivity index (χ4n) is 0.918. The maximum Gasteiger partial charge on any atom is 0.0247 e. The lowest BCUT2D eigenvalue weighted by molar-refractivity contribution is 0.823. The molecule has 0 N–H and O–H groups in total. The van der Waals surface area contributed by atoms with Crippen LogP contribution in [-0.2, 0) is 0 Å². The Hall–Kier alpha value is -0.210. The van der Waals surface area contributed by atoms with Crippen LogP contribution in [0.4, 0.5) is 0 Å². The first-order chi connectivity index (χ1) is 6.11. The lowest BCUT2D eigenvalue weighted by Crippen LogP contribution is -1.86. The fourth-order valence-corrected chi connectivity index (χ4v) is 1.46. The van der Waals surface area contributed by atoms with Crippen molar-refractivity contribution in [1.82, 2.24) is 0 Å². The van der Waals surface area contributed by atoms with E-state index in [1.54, 1.807) is 0 Å². The number of rotatable bonds is 2. The number of allylic oxidation sites excluding steroid dienone is 1. The van der Waals surface area contributed by atoms with Crippen molar-refractivity contribution in [3.63, 3.8) is 0 Å². The molecule has 0 heterocycles. The Bertz CT molecular complexity index is 316. The molecule has 1 aromatic carbocycles. The zero-order chi connectivity index (χ0) is 9.84. The molecule has 0 aliphatic heterocycles. The number of hydrogen-bond donors (Lipinski definition) is 1. The Balaban J connectivity index is 2.97. The predicted octanol–water partition coefficient (Wildman–Crippen LogP) is 4.38. The lowest BCUT2D eigenvalue weighted by Gasteiger charge is -2.04. The molecule has 0 amide bonds. The van der Waals surface area contributed by atoms with Gasteiger partial charge in [-0.25, -0.2) is 0 Å². The third-order valence-electron chi connectivity index (χ3n) is 1.80. The van der Waals surface area contributed by atoms with Crippen LogP contribution in [0, 0.1) is 5.92 Å². The molecule has 0 atom stereocenters. The van der Waals surface area contributed by atoms with Gasteiger partial charge in [0.15, 0.2) is 0 Å². The molecule has 0 saturated heterocycles. The van der Waals surface area contributed by atoms with Gasteiger partial charge in [-0.05, 0) is 28.5 Å². The van der Waals surface area contributed by atoms with Gasteiger partial charge in [0.25, 0.3) is 0 Å². The van der Waals surface area contributed by atoms with Crippen LogP contribution in [0.1, 0.15) is 19.4 Å². The van der Waals surface area contributed by atoms with Crippen LogP contribution in [0.5, 0.6) is 0 Å². The summed E-state index contributed by atoms with van der Waals surface area (Å²) in [5.41, 5.74) is 1.18. The lowest BCUT2D eigenvalue weighted by atomic mass is 10.1. The van der Waals surface area contributed by atoms with Gasteiger partial charge in [0.05, 0.1) is 0 Å². The van der Waals surface area contributed by atoms with Crippen LogP contribution in [-0.4, -0.2) is 0 Å². The molecule has 0 spiro atoms. The van der Waals surface area contributed by atoms with Gasteiger partial charge in [-0.1, -0.05) is 48.0 Å². The van der Waals surface area contributed by atoms with Crippen LogP contribution in [0.15, 0.2) is 33.6 Å². The highest BCUT2D eigenvalue weighted by atomic mass is 79.9. The van der Waals surface area contributed by atoms with E-state index < -0.39 is 0 Å². The highest BCUT2D eigenvalue weighted by molar-refractivity contribution is 9.10. The quantitative estimate of drug-likeness (QED) is 0.747. The number of halogens is 1. The van der Waals surface area contributed by atoms with E-state index in [4.69, 9.17) is 0 Å². The third kappa shape index (κ3) is 3.20. The topological polar surface area (TPSA) is 0 Å². The highest BCUT2D eigenvalue weighted by Gasteiger charge is 1.99. The average molecular weight is 257 g/mol. The molecule has 0 nitrogen and oxygen atoms in total. The fraction of sp³-hybridized carbons (Fsp3) is 0.273. The highest BCUT2D eigenvalue weighted by Crippen LogP contribution is 2.23. The van der Waals surface area contributed by atoms with Crippen LogP contribution in [0.2, 0.25) is 0 Å². The van der Waals surface area contributed by atoms with Crippen LogP contribution in [0.25, 0.3) is 6.08 Å². The Labute approximate surface area is 93.6 Å². The van der Waals surface area contributed by atoms with Crippen LogP contribution >= 0.6 is 28.6 Å². The van der Waals surface area contributed by atoms with Gasteiger partial charge in [0.2, 0.25) is 0 Å². The number of benzene rings is 1. The summed E-state index contributed by atoms with van der Waals surface area (Å²) >= 11 is 7.92. The molecule has 0 saturated carbocycles. The first-order valence-corrected chi connectivity index (χ1v) is 5.50. The molecular weight excluding hydrogens is 244 g/mol. The van der Waals surface area contributed by atoms with Crippen molar-refractivity contribution in [2.75, 3.05) is 0 Å². The second-order valence-corrected chi connectivity index (χ2v) is 4.62. The summed E-state index contributed by atoms with van der Waals surface area (Å²) in [5, 5.41) is 0. The summed E-state index contributed by atoms with van der Waals surface area (Å²) in [6.07, 6.45) is 2.10. The van der Waals surface area contributed by atoms with E-state index in [2.05, 4.69) is 54.5 Å². The van der Waals surface area contributed by atoms with Gasteiger partial charge in [-0.3, -0.25) is 0 Å². The van der Waals surface area contributed by atoms with Crippen molar-refractivity contribution >= 4 is 34.6 Å². The van der Waals surface area contributed by atoms with Gasteiger partial charge in [-0.15, -0.1) is 12.6 Å². The van der Waals surface area contributed by atoms with Gasteiger partial charge >= 0.3 is 0 Å². The summed E-state index contributed by atoms with van der Waals surface area (Å²) in [5.74, 6) is 0.482. The molecule has 0 radical (unpaired) electrons. The van der Waals surface area contributed by atoms with Crippen LogP contribution < -0.4 is 0 Å². The van der Waals surface area contributed by atoms with Crippen molar-refractivity contribution in [3.05, 3.63) is 39.2 Å². The van der Waals surface area contributed by atoms with E-state index in [1.807, 2.05) is 18.2 Å². The molecule has 0 fully saturated rings. The molecule has 70 valence electrons. The summed E-state index contributed by atoms with van der Waals surface area (Å²) in [6.45, 7) is 4.27. The van der Waals surface area contributed by atoms with Gasteiger partial charge in [0.1, 0.15) is 0 Å². The average Bonchev–Trinajstić information content (AvgIpc) is 2.08. The Kier molecular flexibility index (Phi) is 4.07. The molecule has 0 aliphatic rings. The Morgan fingerprint density at radius 3 is 2.54 bits per heavy atom. The molecule has 0 unspecified atom stereocenters. The second kappa shape index (κ2) is 4.87. The van der Waals surface area contributed by atoms with Gasteiger partial charge in [-0.2, -0.15) is 0 Å². The zero-order valence-electron chi connectivity index (χ0n) is 7.79. The number of hydrogen-bond acceptors (Lipinski definition) is 1. The second-order valence-electron chi connectivity index (χ2n) is 3.25. The monoisotopic (exact) mass is 256 g/mol. The first-order valence-electron chi connectivity index (χ1n) is 4.26. The van der Waals surface area contributed by atoms with E-state index in [1.165, 1.54) is 5.56 Å². The van der Waals surface area contributed by atoms with Gasteiger partial charge < -0.3 is 0 Å². The molecular formula is C11H13BrS.